The summed E-state index contributed by atoms with van der Waals surface area (Å²) in [6, 6.07) is 7.14. The molecule has 4 heterocycles. The zero-order valence-corrected chi connectivity index (χ0v) is 20.1. The van der Waals surface area contributed by atoms with E-state index in [4.69, 9.17) is 9.84 Å². The van der Waals surface area contributed by atoms with Gasteiger partial charge in [-0.05, 0) is 31.0 Å². The number of amides is 2. The van der Waals surface area contributed by atoms with Crippen molar-refractivity contribution in [3.05, 3.63) is 54.4 Å². The zero-order chi connectivity index (χ0) is 26.9. The summed E-state index contributed by atoms with van der Waals surface area (Å²) in [5.41, 5.74) is 0.387. The highest BCUT2D eigenvalue weighted by atomic mass is 19.4. The first-order chi connectivity index (χ1) is 18.2. The third-order valence-electron chi connectivity index (χ3n) is 6.37. The van der Waals surface area contributed by atoms with Gasteiger partial charge in [0.05, 0.1) is 30.1 Å². The van der Waals surface area contributed by atoms with E-state index >= 15 is 0 Å². The average Bonchev–Trinajstić information content (AvgIpc) is 2.91. The molecule has 13 heteroatoms. The Balaban J connectivity index is 1.44. The Bertz CT molecular complexity index is 1320. The molecule has 0 saturated carbocycles. The van der Waals surface area contributed by atoms with E-state index in [-0.39, 0.29) is 29.9 Å². The van der Waals surface area contributed by atoms with Crippen LogP contribution in [0.5, 0.6) is 5.88 Å². The molecule has 2 aliphatic rings. The quantitative estimate of drug-likeness (QED) is 0.444. The first-order valence-electron chi connectivity index (χ1n) is 12.0. The number of hydrogen-bond donors (Lipinski definition) is 3. The molecule has 0 radical (unpaired) electrons. The Hall–Kier alpha value is -3.97. The lowest BCUT2D eigenvalue weighted by Gasteiger charge is -2.45. The number of aromatic nitrogens is 3. The second-order valence-corrected chi connectivity index (χ2v) is 9.05. The SMILES string of the molecule is O=C(Nc1ccnc(OC[C@H](O)CO)c1)N1c2nc(-c3cccc(C(F)(F)F)c3)ncc2N2CCC[C@H]1C2. The molecule has 1 saturated heterocycles. The lowest BCUT2D eigenvalue weighted by atomic mass is 10.0. The third kappa shape index (κ3) is 5.34. The summed E-state index contributed by atoms with van der Waals surface area (Å²) in [7, 11) is 0. The molecule has 1 fully saturated rings. The number of benzene rings is 1. The number of anilines is 3. The number of aliphatic hydroxyl groups is 2. The van der Waals surface area contributed by atoms with Crippen LogP contribution in [0.15, 0.2) is 48.8 Å². The minimum Gasteiger partial charge on any atom is -0.475 e. The molecule has 0 aliphatic carbocycles. The number of urea groups is 1. The molecule has 5 rings (SSSR count). The predicted molar refractivity (Wildman–Crippen MR) is 132 cm³/mol. The minimum atomic E-state index is -4.51. The van der Waals surface area contributed by atoms with Crippen molar-refractivity contribution in [3.8, 4) is 17.3 Å². The topological polar surface area (TPSA) is 124 Å². The lowest BCUT2D eigenvalue weighted by Crippen LogP contribution is -2.56. The van der Waals surface area contributed by atoms with Crippen LogP contribution in [0.4, 0.5) is 35.2 Å². The van der Waals surface area contributed by atoms with Crippen LogP contribution in [0.3, 0.4) is 0 Å². The van der Waals surface area contributed by atoms with E-state index < -0.39 is 30.5 Å². The maximum atomic E-state index is 13.5. The maximum absolute atomic E-state index is 13.5. The lowest BCUT2D eigenvalue weighted by molar-refractivity contribution is -0.137. The van der Waals surface area contributed by atoms with Crippen molar-refractivity contribution in [1.82, 2.24) is 15.0 Å². The molecular formula is C25H25F3N6O4. The van der Waals surface area contributed by atoms with Crippen LogP contribution in [-0.2, 0) is 6.18 Å². The van der Waals surface area contributed by atoms with Crippen LogP contribution >= 0.6 is 0 Å². The number of carbonyl (C=O) groups excluding carboxylic acids is 1. The first kappa shape index (κ1) is 25.7. The number of hydrogen-bond acceptors (Lipinski definition) is 8. The maximum Gasteiger partial charge on any atom is 0.416 e. The van der Waals surface area contributed by atoms with Crippen LogP contribution < -0.4 is 19.9 Å². The fourth-order valence-electron chi connectivity index (χ4n) is 4.54. The van der Waals surface area contributed by atoms with Crippen molar-refractivity contribution in [1.29, 1.82) is 0 Å². The standard InChI is InChI=1S/C25H25F3N6O4/c26-25(27,28)16-4-1-3-15(9-16)22-30-11-20-23(32-22)34(18-5-2-8-33(20)12-18)24(37)31-17-6-7-29-21(10-17)38-14-19(36)13-35/h1,3-4,6-7,9-11,18-19,35-36H,2,5,8,12-14H2,(H,29,31,37)/t18-,19+/m0/s1. The molecule has 2 amide bonds. The van der Waals surface area contributed by atoms with E-state index in [0.717, 1.165) is 31.5 Å². The van der Waals surface area contributed by atoms with E-state index in [1.807, 2.05) is 0 Å². The second-order valence-electron chi connectivity index (χ2n) is 9.05. The van der Waals surface area contributed by atoms with Crippen molar-refractivity contribution < 1.29 is 32.9 Å². The highest BCUT2D eigenvalue weighted by Crippen LogP contribution is 2.39. The monoisotopic (exact) mass is 530 g/mol. The Morgan fingerprint density at radius 2 is 2.08 bits per heavy atom. The number of halogens is 3. The van der Waals surface area contributed by atoms with Crippen molar-refractivity contribution in [2.75, 3.05) is 41.4 Å². The molecular weight excluding hydrogens is 505 g/mol. The molecule has 3 aromatic rings. The second kappa shape index (κ2) is 10.4. The molecule has 1 aromatic carbocycles. The van der Waals surface area contributed by atoms with Crippen LogP contribution in [0.25, 0.3) is 11.4 Å². The van der Waals surface area contributed by atoms with Gasteiger partial charge in [-0.2, -0.15) is 13.2 Å². The summed E-state index contributed by atoms with van der Waals surface area (Å²) in [5.74, 6) is 0.542. The van der Waals surface area contributed by atoms with Gasteiger partial charge in [0.1, 0.15) is 12.7 Å². The van der Waals surface area contributed by atoms with Gasteiger partial charge in [-0.3, -0.25) is 4.90 Å². The fraction of sp³-hybridized carbons (Fsp3) is 0.360. The Morgan fingerprint density at radius 3 is 2.87 bits per heavy atom. The molecule has 200 valence electrons. The number of carbonyl (C=O) groups is 1. The molecule has 38 heavy (non-hydrogen) atoms. The van der Waals surface area contributed by atoms with Gasteiger partial charge >= 0.3 is 12.2 Å². The Kier molecular flexibility index (Phi) is 7.04. The molecule has 2 aromatic heterocycles. The zero-order valence-electron chi connectivity index (χ0n) is 20.1. The largest absolute Gasteiger partial charge is 0.475 e. The van der Waals surface area contributed by atoms with Gasteiger partial charge in [0, 0.05) is 36.6 Å². The summed E-state index contributed by atoms with van der Waals surface area (Å²) < 4.78 is 45.2. The number of alkyl halides is 3. The van der Waals surface area contributed by atoms with Gasteiger partial charge in [-0.1, -0.05) is 12.1 Å². The molecule has 10 nitrogen and oxygen atoms in total. The average molecular weight is 531 g/mol. The molecule has 2 bridgehead atoms. The summed E-state index contributed by atoms with van der Waals surface area (Å²) in [6.45, 7) is 0.702. The van der Waals surface area contributed by atoms with Crippen LogP contribution in [0.2, 0.25) is 0 Å². The molecule has 2 aliphatic heterocycles. The Morgan fingerprint density at radius 1 is 1.24 bits per heavy atom. The number of nitrogens with one attached hydrogen (secondary N) is 1. The smallest absolute Gasteiger partial charge is 0.416 e. The van der Waals surface area contributed by atoms with E-state index in [2.05, 4.69) is 25.2 Å². The number of fused-ring (bicyclic) bond motifs is 4. The van der Waals surface area contributed by atoms with Gasteiger partial charge in [-0.25, -0.2) is 19.7 Å². The number of ether oxygens (including phenoxy) is 1. The van der Waals surface area contributed by atoms with Crippen LogP contribution in [-0.4, -0.2) is 69.6 Å². The first-order valence-corrected chi connectivity index (χ1v) is 12.0. The van der Waals surface area contributed by atoms with E-state index in [1.165, 1.54) is 29.3 Å². The van der Waals surface area contributed by atoms with Gasteiger partial charge < -0.3 is 25.2 Å². The van der Waals surface area contributed by atoms with Gasteiger partial charge in [0.25, 0.3) is 0 Å². The van der Waals surface area contributed by atoms with Crippen molar-refractivity contribution >= 4 is 23.2 Å². The normalized spacial score (nSPS) is 17.6. The molecule has 0 unspecified atom stereocenters. The van der Waals surface area contributed by atoms with Crippen LogP contribution in [0.1, 0.15) is 18.4 Å². The van der Waals surface area contributed by atoms with Crippen molar-refractivity contribution in [2.24, 2.45) is 0 Å². The summed E-state index contributed by atoms with van der Waals surface area (Å²) in [6.07, 6.45) is -1.02. The number of rotatable bonds is 6. The third-order valence-corrected chi connectivity index (χ3v) is 6.37. The highest BCUT2D eigenvalue weighted by Gasteiger charge is 2.39. The Labute approximate surface area is 215 Å². The van der Waals surface area contributed by atoms with Crippen LogP contribution in [0, 0.1) is 0 Å². The van der Waals surface area contributed by atoms with E-state index in [1.54, 1.807) is 12.3 Å². The molecule has 3 N–H and O–H groups in total. The molecule has 2 atom stereocenters. The number of pyridine rings is 1. The fourth-order valence-corrected chi connectivity index (χ4v) is 4.54. The minimum absolute atomic E-state index is 0.0795. The van der Waals surface area contributed by atoms with Crippen molar-refractivity contribution in [2.45, 2.75) is 31.2 Å². The number of piperidine rings is 1. The highest BCUT2D eigenvalue weighted by molar-refractivity contribution is 6.04. The predicted octanol–water partition coefficient (Wildman–Crippen LogP) is 3.31. The van der Waals surface area contributed by atoms with Gasteiger partial charge in [-0.15, -0.1) is 0 Å². The molecule has 0 spiro atoms. The summed E-state index contributed by atoms with van der Waals surface area (Å²) in [5, 5.41) is 21.2. The summed E-state index contributed by atoms with van der Waals surface area (Å²) in [4.78, 5) is 30.1. The van der Waals surface area contributed by atoms with E-state index in [0.29, 0.717) is 23.7 Å². The summed E-state index contributed by atoms with van der Waals surface area (Å²) >= 11 is 0. The van der Waals surface area contributed by atoms with E-state index in [9.17, 15) is 23.1 Å². The van der Waals surface area contributed by atoms with Gasteiger partial charge in [0.15, 0.2) is 11.6 Å². The van der Waals surface area contributed by atoms with Crippen molar-refractivity contribution in [3.63, 3.8) is 0 Å². The van der Waals surface area contributed by atoms with Gasteiger partial charge in [0.2, 0.25) is 5.88 Å². The number of nitrogens with zero attached hydrogens (tertiary/aromatic N) is 5. The number of aliphatic hydroxyl groups excluding tert-OH is 2.